The van der Waals surface area contributed by atoms with E-state index in [1.54, 1.807) is 29.2 Å². The summed E-state index contributed by atoms with van der Waals surface area (Å²) in [5, 5.41) is 0.734. The number of carbonyl (C=O) groups excluding carboxylic acids is 2. The lowest BCUT2D eigenvalue weighted by atomic mass is 9.96. The van der Waals surface area contributed by atoms with Gasteiger partial charge in [-0.25, -0.2) is 8.42 Å². The Morgan fingerprint density at radius 3 is 2.28 bits per heavy atom. The maximum Gasteiger partial charge on any atom is 0.243 e. The topological polar surface area (TPSA) is 101 Å². The monoisotopic (exact) mass is 561 g/mol. The van der Waals surface area contributed by atoms with Gasteiger partial charge in [0.2, 0.25) is 21.8 Å². The van der Waals surface area contributed by atoms with Crippen LogP contribution < -0.4 is 5.73 Å². The average Bonchev–Trinajstić information content (AvgIpc) is 2.75. The van der Waals surface area contributed by atoms with Crippen LogP contribution in [0.5, 0.6) is 0 Å². The van der Waals surface area contributed by atoms with Gasteiger partial charge in [0.05, 0.1) is 11.4 Å². The molecule has 0 aliphatic carbocycles. The van der Waals surface area contributed by atoms with Crippen LogP contribution in [0.15, 0.2) is 51.8 Å². The first kappa shape index (κ1) is 25.0. The Labute approximate surface area is 205 Å². The van der Waals surface area contributed by atoms with Crippen LogP contribution >= 0.6 is 39.1 Å². The van der Waals surface area contributed by atoms with Crippen LogP contribution in [0.4, 0.5) is 0 Å². The van der Waals surface area contributed by atoms with Gasteiger partial charge in [-0.3, -0.25) is 9.59 Å². The van der Waals surface area contributed by atoms with Gasteiger partial charge in [-0.05, 0) is 54.8 Å². The number of rotatable bonds is 7. The van der Waals surface area contributed by atoms with Crippen LogP contribution in [0.2, 0.25) is 10.0 Å². The highest BCUT2D eigenvalue weighted by molar-refractivity contribution is 9.10. The van der Waals surface area contributed by atoms with Crippen LogP contribution in [0.25, 0.3) is 0 Å². The molecule has 7 nitrogen and oxygen atoms in total. The summed E-state index contributed by atoms with van der Waals surface area (Å²) in [7, 11) is -4.00. The van der Waals surface area contributed by atoms with Gasteiger partial charge in [-0.15, -0.1) is 0 Å². The molecule has 3 rings (SSSR count). The van der Waals surface area contributed by atoms with Gasteiger partial charge in [0.15, 0.2) is 0 Å². The van der Waals surface area contributed by atoms with Crippen LogP contribution in [-0.2, 0) is 26.2 Å². The van der Waals surface area contributed by atoms with E-state index in [1.807, 2.05) is 0 Å². The molecule has 0 spiro atoms. The molecule has 1 saturated heterocycles. The first-order chi connectivity index (χ1) is 15.1. The lowest BCUT2D eigenvalue weighted by Gasteiger charge is -2.32. The van der Waals surface area contributed by atoms with E-state index in [2.05, 4.69) is 15.9 Å². The summed E-state index contributed by atoms with van der Waals surface area (Å²) in [6, 6.07) is 11.0. The third-order valence-corrected chi connectivity index (χ3v) is 8.30. The SMILES string of the molecule is NC(=O)C1CCN(C(=O)CN(Cc2ccc(Cl)cc2Cl)S(=O)(=O)c2ccc(Br)cc2)CC1. The highest BCUT2D eigenvalue weighted by atomic mass is 79.9. The second-order valence-corrected chi connectivity index (χ2v) is 11.2. The van der Waals surface area contributed by atoms with Crippen LogP contribution in [0.1, 0.15) is 18.4 Å². The molecular weight excluding hydrogens is 541 g/mol. The van der Waals surface area contributed by atoms with Gasteiger partial charge < -0.3 is 10.6 Å². The van der Waals surface area contributed by atoms with Gasteiger partial charge in [-0.2, -0.15) is 4.31 Å². The van der Waals surface area contributed by atoms with Crippen molar-refractivity contribution >= 4 is 61.0 Å². The molecule has 1 fully saturated rings. The summed E-state index contributed by atoms with van der Waals surface area (Å²) in [5.74, 6) is -0.998. The number of carbonyl (C=O) groups is 2. The fourth-order valence-corrected chi connectivity index (χ4v) is 5.59. The predicted octanol–water partition coefficient (Wildman–Crippen LogP) is 3.67. The first-order valence-electron chi connectivity index (χ1n) is 9.84. The lowest BCUT2D eigenvalue weighted by Crippen LogP contribution is -2.46. The highest BCUT2D eigenvalue weighted by Crippen LogP contribution is 2.26. The first-order valence-corrected chi connectivity index (χ1v) is 12.8. The molecule has 1 aliphatic rings. The molecule has 0 radical (unpaired) electrons. The number of halogens is 3. The molecule has 0 unspecified atom stereocenters. The van der Waals surface area contributed by atoms with Gasteiger partial charge in [0.1, 0.15) is 0 Å². The number of nitrogens with two attached hydrogens (primary N) is 1. The second kappa shape index (κ2) is 10.5. The van der Waals surface area contributed by atoms with E-state index in [-0.39, 0.29) is 35.7 Å². The number of primary amides is 1. The van der Waals surface area contributed by atoms with E-state index in [4.69, 9.17) is 28.9 Å². The largest absolute Gasteiger partial charge is 0.369 e. The standard InChI is InChI=1S/C21H22BrCl2N3O4S/c22-16-2-5-18(6-3-16)32(30,31)27(12-15-1-4-17(23)11-19(15)24)13-20(28)26-9-7-14(8-10-26)21(25)29/h1-6,11,14H,7-10,12-13H2,(H2,25,29). The van der Waals surface area contributed by atoms with E-state index < -0.39 is 10.0 Å². The molecule has 1 aliphatic heterocycles. The van der Waals surface area contributed by atoms with Crippen molar-refractivity contribution in [2.75, 3.05) is 19.6 Å². The third-order valence-electron chi connectivity index (χ3n) is 5.37. The van der Waals surface area contributed by atoms with Crippen molar-refractivity contribution in [1.82, 2.24) is 9.21 Å². The fourth-order valence-electron chi connectivity index (χ4n) is 3.49. The molecule has 2 N–H and O–H groups in total. The van der Waals surface area contributed by atoms with Crippen molar-refractivity contribution in [3.05, 3.63) is 62.5 Å². The molecule has 0 atom stereocenters. The summed E-state index contributed by atoms with van der Waals surface area (Å²) in [4.78, 5) is 26.0. The van der Waals surface area contributed by atoms with Crippen LogP contribution in [-0.4, -0.2) is 49.1 Å². The molecule has 1 heterocycles. The van der Waals surface area contributed by atoms with Crippen molar-refractivity contribution < 1.29 is 18.0 Å². The average molecular weight is 563 g/mol. The van der Waals surface area contributed by atoms with E-state index in [9.17, 15) is 18.0 Å². The molecule has 2 amide bonds. The van der Waals surface area contributed by atoms with Crippen molar-refractivity contribution in [1.29, 1.82) is 0 Å². The van der Waals surface area contributed by atoms with Gasteiger partial charge >= 0.3 is 0 Å². The molecule has 172 valence electrons. The normalized spacial score (nSPS) is 15.2. The molecular formula is C21H22BrCl2N3O4S. The molecule has 2 aromatic carbocycles. The molecule has 11 heteroatoms. The number of amides is 2. The van der Waals surface area contributed by atoms with Crippen molar-refractivity contribution in [3.8, 4) is 0 Å². The number of piperidine rings is 1. The van der Waals surface area contributed by atoms with E-state index >= 15 is 0 Å². The summed E-state index contributed by atoms with van der Waals surface area (Å²) in [5.41, 5.74) is 5.88. The van der Waals surface area contributed by atoms with Gasteiger partial charge in [0.25, 0.3) is 0 Å². The molecule has 2 aromatic rings. The Hall–Kier alpha value is -1.65. The van der Waals surface area contributed by atoms with Crippen LogP contribution in [0, 0.1) is 5.92 Å². The van der Waals surface area contributed by atoms with E-state index in [1.165, 1.54) is 18.2 Å². The number of hydrogen-bond acceptors (Lipinski definition) is 4. The fraction of sp³-hybridized carbons (Fsp3) is 0.333. The Balaban J connectivity index is 1.85. The minimum Gasteiger partial charge on any atom is -0.369 e. The third kappa shape index (κ3) is 6.02. The number of nitrogens with zero attached hydrogens (tertiary/aromatic N) is 2. The van der Waals surface area contributed by atoms with Crippen LogP contribution in [0.3, 0.4) is 0 Å². The summed E-state index contributed by atoms with van der Waals surface area (Å²) >= 11 is 15.5. The zero-order valence-corrected chi connectivity index (χ0v) is 20.9. The maximum absolute atomic E-state index is 13.4. The number of benzene rings is 2. The Morgan fingerprint density at radius 1 is 1.09 bits per heavy atom. The number of hydrogen-bond donors (Lipinski definition) is 1. The number of likely N-dealkylation sites (tertiary alicyclic amines) is 1. The predicted molar refractivity (Wildman–Crippen MR) is 127 cm³/mol. The Morgan fingerprint density at radius 2 is 1.72 bits per heavy atom. The van der Waals surface area contributed by atoms with Crippen molar-refractivity contribution in [3.63, 3.8) is 0 Å². The minimum atomic E-state index is -4.00. The highest BCUT2D eigenvalue weighted by Gasteiger charge is 2.31. The quantitative estimate of drug-likeness (QED) is 0.556. The minimum absolute atomic E-state index is 0.0611. The smallest absolute Gasteiger partial charge is 0.243 e. The Kier molecular flexibility index (Phi) is 8.21. The lowest BCUT2D eigenvalue weighted by molar-refractivity contribution is -0.135. The van der Waals surface area contributed by atoms with E-state index in [0.29, 0.717) is 41.5 Å². The van der Waals surface area contributed by atoms with Gasteiger partial charge in [-0.1, -0.05) is 45.2 Å². The van der Waals surface area contributed by atoms with Gasteiger partial charge in [0, 0.05) is 40.1 Å². The summed E-state index contributed by atoms with van der Waals surface area (Å²) in [6.07, 6.45) is 0.924. The summed E-state index contributed by atoms with van der Waals surface area (Å²) < 4.78 is 28.6. The van der Waals surface area contributed by atoms with Crippen molar-refractivity contribution in [2.24, 2.45) is 11.7 Å². The second-order valence-electron chi connectivity index (χ2n) is 7.52. The molecule has 0 bridgehead atoms. The zero-order chi connectivity index (χ0) is 23.5. The zero-order valence-electron chi connectivity index (χ0n) is 17.0. The van der Waals surface area contributed by atoms with Crippen molar-refractivity contribution in [2.45, 2.75) is 24.3 Å². The summed E-state index contributed by atoms with van der Waals surface area (Å²) in [6.45, 7) is 0.233. The van der Waals surface area contributed by atoms with E-state index in [0.717, 1.165) is 8.78 Å². The number of sulfonamides is 1. The molecule has 0 saturated carbocycles. The Bertz CT molecular complexity index is 1100. The molecule has 32 heavy (non-hydrogen) atoms. The molecule has 0 aromatic heterocycles. The maximum atomic E-state index is 13.4.